The van der Waals surface area contributed by atoms with E-state index < -0.39 is 35.1 Å². The minimum atomic E-state index is -5.32. The fourth-order valence-electron chi connectivity index (χ4n) is 2.27. The van der Waals surface area contributed by atoms with Crippen molar-refractivity contribution in [3.63, 3.8) is 0 Å². The van der Waals surface area contributed by atoms with E-state index in [2.05, 4.69) is 9.72 Å². The van der Waals surface area contributed by atoms with Crippen molar-refractivity contribution in [2.24, 2.45) is 0 Å². The zero-order valence-corrected chi connectivity index (χ0v) is 14.3. The van der Waals surface area contributed by atoms with Gasteiger partial charge in [0.15, 0.2) is 0 Å². The summed E-state index contributed by atoms with van der Waals surface area (Å²) in [5.41, 5.74) is -3.98. The molecular weight excluding hydrogens is 370 g/mol. The van der Waals surface area contributed by atoms with Gasteiger partial charge in [-0.1, -0.05) is 12.1 Å². The third kappa shape index (κ3) is 3.99. The van der Waals surface area contributed by atoms with Crippen LogP contribution in [0.25, 0.3) is 0 Å². The number of aromatic amines is 1. The number of halogens is 4. The first-order valence-electron chi connectivity index (χ1n) is 7.60. The number of aryl methyl sites for hydroxylation is 1. The number of nitrogens with one attached hydrogen (secondary N) is 3. The van der Waals surface area contributed by atoms with Gasteiger partial charge in [0.25, 0.3) is 11.7 Å². The van der Waals surface area contributed by atoms with Crippen molar-refractivity contribution in [1.29, 1.82) is 0 Å². The largest absolute Gasteiger partial charge is 0.464 e. The number of H-pyrrole nitrogens is 1. The number of carbonyl (C=O) groups excluding carboxylic acids is 2. The maximum absolute atomic E-state index is 13.9. The molecule has 10 heteroatoms. The quantitative estimate of drug-likeness (QED) is 0.469. The molecule has 144 valence electrons. The van der Waals surface area contributed by atoms with E-state index in [9.17, 15) is 27.2 Å². The number of amides is 1. The molecule has 0 saturated heterocycles. The molecule has 1 amide bonds. The summed E-state index contributed by atoms with van der Waals surface area (Å²) < 4.78 is 59.8. The van der Waals surface area contributed by atoms with Crippen LogP contribution in [-0.4, -0.2) is 30.8 Å². The second-order valence-electron chi connectivity index (χ2n) is 5.53. The number of anilines is 1. The van der Waals surface area contributed by atoms with Crippen molar-refractivity contribution >= 4 is 17.7 Å². The Bertz CT molecular complexity index is 857. The third-order valence-corrected chi connectivity index (χ3v) is 3.71. The van der Waals surface area contributed by atoms with Crippen LogP contribution in [0.5, 0.6) is 0 Å². The molecule has 6 nitrogen and oxygen atoms in total. The highest BCUT2D eigenvalue weighted by atomic mass is 19.4. The Kier molecular flexibility index (Phi) is 5.67. The summed E-state index contributed by atoms with van der Waals surface area (Å²) in [6, 6.07) is 7.45. The molecule has 0 bridgehead atoms. The lowest BCUT2D eigenvalue weighted by Crippen LogP contribution is -2.69. The van der Waals surface area contributed by atoms with Crippen LogP contribution in [0.15, 0.2) is 42.6 Å². The number of alkyl halides is 3. The zero-order chi connectivity index (χ0) is 20.2. The topological polar surface area (TPSA) is 81.6 Å². The number of esters is 1. The van der Waals surface area contributed by atoms with Crippen molar-refractivity contribution in [3.8, 4) is 0 Å². The van der Waals surface area contributed by atoms with Gasteiger partial charge in [-0.15, -0.1) is 0 Å². The predicted molar refractivity (Wildman–Crippen MR) is 86.0 cm³/mol. The predicted octanol–water partition coefficient (Wildman–Crippen LogP) is 2.22. The van der Waals surface area contributed by atoms with E-state index >= 15 is 0 Å². The fraction of sp³-hybridized carbons (Fsp3) is 0.235. The Morgan fingerprint density at radius 3 is 2.33 bits per heavy atom. The molecule has 1 atom stereocenters. The number of ether oxygens (including phenoxy) is 1. The van der Waals surface area contributed by atoms with Crippen LogP contribution < -0.4 is 15.6 Å². The minimum Gasteiger partial charge on any atom is -0.464 e. The maximum Gasteiger partial charge on any atom is 0.464 e. The molecule has 0 saturated carbocycles. The zero-order valence-electron chi connectivity index (χ0n) is 14.3. The first kappa shape index (κ1) is 20.1. The molecule has 27 heavy (non-hydrogen) atoms. The Morgan fingerprint density at radius 1 is 1.11 bits per heavy atom. The van der Waals surface area contributed by atoms with Gasteiger partial charge < -0.3 is 4.74 Å². The second-order valence-corrected chi connectivity index (χ2v) is 5.53. The minimum absolute atomic E-state index is 0.186. The molecular formula is C17H16F4N3O3+. The van der Waals surface area contributed by atoms with Gasteiger partial charge in [0.2, 0.25) is 0 Å². The molecule has 2 rings (SSSR count). The number of rotatable bonds is 5. The fourth-order valence-corrected chi connectivity index (χ4v) is 2.27. The summed E-state index contributed by atoms with van der Waals surface area (Å²) >= 11 is 0. The molecule has 0 aliphatic rings. The number of benzene rings is 1. The van der Waals surface area contributed by atoms with Gasteiger partial charge in [-0.25, -0.2) is 19.5 Å². The molecule has 1 aromatic heterocycles. The van der Waals surface area contributed by atoms with Crippen LogP contribution in [0, 0.1) is 12.7 Å². The van der Waals surface area contributed by atoms with Gasteiger partial charge >= 0.3 is 17.8 Å². The number of pyridine rings is 1. The highest BCUT2D eigenvalue weighted by Crippen LogP contribution is 2.33. The van der Waals surface area contributed by atoms with Crippen LogP contribution in [0.4, 0.5) is 23.4 Å². The number of methoxy groups -OCH3 is 1. The van der Waals surface area contributed by atoms with E-state index in [0.29, 0.717) is 5.56 Å². The number of hydrogen-bond donors (Lipinski definition) is 2. The number of hydrogen-bond acceptors (Lipinski definition) is 4. The van der Waals surface area contributed by atoms with Gasteiger partial charge in [0.05, 0.1) is 18.9 Å². The Balaban J connectivity index is 2.55. The third-order valence-electron chi connectivity index (χ3n) is 3.71. The monoisotopic (exact) mass is 386 g/mol. The van der Waals surface area contributed by atoms with Crippen molar-refractivity contribution in [3.05, 3.63) is 59.5 Å². The molecule has 1 aromatic carbocycles. The summed E-state index contributed by atoms with van der Waals surface area (Å²) in [4.78, 5) is 27.0. The molecule has 0 unspecified atom stereocenters. The lowest BCUT2D eigenvalue weighted by Gasteiger charge is -2.30. The van der Waals surface area contributed by atoms with Crippen LogP contribution in [0.3, 0.4) is 0 Å². The molecule has 0 fully saturated rings. The normalized spacial score (nSPS) is 13.4. The van der Waals surface area contributed by atoms with Gasteiger partial charge in [0, 0.05) is 5.56 Å². The standard InChI is InChI=1S/C17H15F4N3O3/c1-10-6-5-9-22-13(10)23-16(15(26)27-2,17(19,20)21)24-14(25)11-7-3-4-8-12(11)18/h3-9H,1-2H3,(H,22,23)(H,24,25)/p+1/t16-/m1/s1. The molecule has 0 aliphatic heterocycles. The summed E-state index contributed by atoms with van der Waals surface area (Å²) in [5.74, 6) is -4.50. The van der Waals surface area contributed by atoms with Gasteiger partial charge in [0.1, 0.15) is 5.82 Å². The van der Waals surface area contributed by atoms with Crippen molar-refractivity contribution in [1.82, 2.24) is 5.32 Å². The first-order chi connectivity index (χ1) is 12.6. The first-order valence-corrected chi connectivity index (χ1v) is 7.60. The molecule has 0 spiro atoms. The van der Waals surface area contributed by atoms with Crippen LogP contribution in [-0.2, 0) is 9.53 Å². The molecule has 0 radical (unpaired) electrons. The smallest absolute Gasteiger partial charge is 0.464 e. The Labute approximate surface area is 151 Å². The SMILES string of the molecule is COC(=O)[C@](NC(=O)c1ccccc1F)(Nc1[nH+]cccc1C)C(F)(F)F. The van der Waals surface area contributed by atoms with Gasteiger partial charge in [-0.05, 0) is 31.2 Å². The number of aromatic nitrogens is 1. The summed E-state index contributed by atoms with van der Waals surface area (Å²) in [6.45, 7) is 1.48. The highest BCUT2D eigenvalue weighted by Gasteiger charge is 2.68. The summed E-state index contributed by atoms with van der Waals surface area (Å²) in [6.07, 6.45) is -4.00. The Hall–Kier alpha value is -3.17. The summed E-state index contributed by atoms with van der Waals surface area (Å²) in [7, 11) is 0.737. The molecule has 1 heterocycles. The van der Waals surface area contributed by atoms with Crippen LogP contribution in [0.1, 0.15) is 15.9 Å². The molecule has 3 N–H and O–H groups in total. The van der Waals surface area contributed by atoms with E-state index in [4.69, 9.17) is 0 Å². The molecule has 2 aromatic rings. The van der Waals surface area contributed by atoms with Gasteiger partial charge in [-0.3, -0.25) is 10.1 Å². The van der Waals surface area contributed by atoms with E-state index in [1.807, 2.05) is 5.32 Å². The second kappa shape index (κ2) is 7.60. The highest BCUT2D eigenvalue weighted by molar-refractivity contribution is 5.99. The van der Waals surface area contributed by atoms with Crippen molar-refractivity contribution < 1.29 is 36.9 Å². The number of carbonyl (C=O) groups is 2. The van der Waals surface area contributed by atoms with Crippen molar-refractivity contribution in [2.75, 3.05) is 12.4 Å². The average molecular weight is 386 g/mol. The average Bonchev–Trinajstić information content (AvgIpc) is 2.61. The van der Waals surface area contributed by atoms with E-state index in [-0.39, 0.29) is 5.82 Å². The van der Waals surface area contributed by atoms with E-state index in [1.54, 1.807) is 5.32 Å². The van der Waals surface area contributed by atoms with Crippen molar-refractivity contribution in [2.45, 2.75) is 18.8 Å². The van der Waals surface area contributed by atoms with E-state index in [0.717, 1.165) is 19.2 Å². The lowest BCUT2D eigenvalue weighted by atomic mass is 10.1. The van der Waals surface area contributed by atoms with Crippen LogP contribution >= 0.6 is 0 Å². The Morgan fingerprint density at radius 2 is 1.78 bits per heavy atom. The van der Waals surface area contributed by atoms with Gasteiger partial charge in [-0.2, -0.15) is 13.2 Å². The lowest BCUT2D eigenvalue weighted by molar-refractivity contribution is -0.363. The van der Waals surface area contributed by atoms with E-state index in [1.165, 1.54) is 37.4 Å². The maximum atomic E-state index is 13.9. The van der Waals surface area contributed by atoms with Crippen LogP contribution in [0.2, 0.25) is 0 Å². The summed E-state index contributed by atoms with van der Waals surface area (Å²) in [5, 5.41) is 3.51. The molecule has 0 aliphatic carbocycles.